The van der Waals surface area contributed by atoms with Crippen LogP contribution in [-0.2, 0) is 19.4 Å². The van der Waals surface area contributed by atoms with Crippen LogP contribution in [0.3, 0.4) is 0 Å². The molecule has 1 heterocycles. The van der Waals surface area contributed by atoms with E-state index in [0.29, 0.717) is 29.3 Å². The van der Waals surface area contributed by atoms with E-state index in [0.717, 1.165) is 24.0 Å². The molecule has 0 radical (unpaired) electrons. The lowest BCUT2D eigenvalue weighted by Gasteiger charge is -2.53. The fraction of sp³-hybridized carbons (Fsp3) is 0.548. The molecule has 1 saturated heterocycles. The standard InChI is InChI=1S/C31H39Cl2NO5S/c1-4-31(18-28(35)36)17-26(23-6-5-7-25(33)16-23)29(22-10-12-24(32)13-11-22)34(30(31)37)27(21-8-9-21)19-40(38,39)15-14-20(2)3/h5-7,10-13,16,20-21,26-27,29H,4,8-9,14-15,17-19H2,1-3H3,(H,35,36)/t26-,27-,29-,31+/m1/s1. The summed E-state index contributed by atoms with van der Waals surface area (Å²) in [6.45, 7) is 5.84. The number of carboxylic acids is 1. The van der Waals surface area contributed by atoms with E-state index in [9.17, 15) is 23.1 Å². The minimum Gasteiger partial charge on any atom is -0.481 e. The second-order valence-corrected chi connectivity index (χ2v) is 15.1. The number of carboxylic acid groups (broad SMARTS) is 1. The van der Waals surface area contributed by atoms with Crippen molar-refractivity contribution in [1.82, 2.24) is 4.90 Å². The molecule has 0 bridgehead atoms. The molecule has 1 N–H and O–H groups in total. The molecule has 4 atom stereocenters. The van der Waals surface area contributed by atoms with Crippen LogP contribution in [0.1, 0.15) is 82.4 Å². The van der Waals surface area contributed by atoms with Crippen LogP contribution >= 0.6 is 23.2 Å². The molecule has 4 rings (SSSR count). The van der Waals surface area contributed by atoms with Crippen molar-refractivity contribution in [3.8, 4) is 0 Å². The van der Waals surface area contributed by atoms with Crippen molar-refractivity contribution in [1.29, 1.82) is 0 Å². The number of sulfone groups is 1. The molecule has 2 aromatic rings. The van der Waals surface area contributed by atoms with E-state index in [1.54, 1.807) is 23.1 Å². The highest BCUT2D eigenvalue weighted by atomic mass is 35.5. The highest BCUT2D eigenvalue weighted by Crippen LogP contribution is 2.55. The average molecular weight is 609 g/mol. The van der Waals surface area contributed by atoms with Crippen molar-refractivity contribution < 1.29 is 23.1 Å². The SMILES string of the molecule is CC[C@@]1(CC(=O)O)C[C@H](c2cccc(Cl)c2)[C@@H](c2ccc(Cl)cc2)N([C@H](CS(=O)(=O)CCC(C)C)C2CC2)C1=O. The van der Waals surface area contributed by atoms with Gasteiger partial charge in [-0.1, -0.05) is 68.2 Å². The van der Waals surface area contributed by atoms with Crippen LogP contribution in [0.4, 0.5) is 0 Å². The quantitative estimate of drug-likeness (QED) is 0.276. The topological polar surface area (TPSA) is 91.8 Å². The molecule has 218 valence electrons. The zero-order chi connectivity index (χ0) is 29.2. The molecule has 1 saturated carbocycles. The summed E-state index contributed by atoms with van der Waals surface area (Å²) in [5, 5.41) is 11.1. The summed E-state index contributed by atoms with van der Waals surface area (Å²) in [7, 11) is -3.47. The Hall–Kier alpha value is -2.09. The summed E-state index contributed by atoms with van der Waals surface area (Å²) in [6, 6.07) is 13.8. The van der Waals surface area contributed by atoms with Crippen LogP contribution in [0.25, 0.3) is 0 Å². The number of likely N-dealkylation sites (tertiary alicyclic amines) is 1. The van der Waals surface area contributed by atoms with E-state index in [2.05, 4.69) is 0 Å². The molecule has 40 heavy (non-hydrogen) atoms. The van der Waals surface area contributed by atoms with Crippen molar-refractivity contribution in [3.05, 3.63) is 69.7 Å². The minimum absolute atomic E-state index is 0.0464. The first-order valence-electron chi connectivity index (χ1n) is 14.1. The number of nitrogens with zero attached hydrogens (tertiary/aromatic N) is 1. The maximum atomic E-state index is 14.6. The number of carbonyl (C=O) groups is 2. The van der Waals surface area contributed by atoms with E-state index in [4.69, 9.17) is 23.2 Å². The zero-order valence-corrected chi connectivity index (χ0v) is 25.7. The molecule has 1 aliphatic carbocycles. The van der Waals surface area contributed by atoms with Crippen LogP contribution in [0.5, 0.6) is 0 Å². The van der Waals surface area contributed by atoms with Crippen LogP contribution in [-0.4, -0.2) is 47.8 Å². The molecule has 1 aliphatic heterocycles. The van der Waals surface area contributed by atoms with E-state index in [1.165, 1.54) is 0 Å². The number of hydrogen-bond acceptors (Lipinski definition) is 4. The predicted octanol–water partition coefficient (Wildman–Crippen LogP) is 7.16. The Bertz CT molecular complexity index is 1330. The van der Waals surface area contributed by atoms with Gasteiger partial charge in [0, 0.05) is 22.0 Å². The summed E-state index contributed by atoms with van der Waals surface area (Å²) < 4.78 is 26.9. The lowest BCUT2D eigenvalue weighted by Crippen LogP contribution is -2.59. The molecular formula is C31H39Cl2NO5S. The van der Waals surface area contributed by atoms with Gasteiger partial charge in [-0.2, -0.15) is 0 Å². The zero-order valence-electron chi connectivity index (χ0n) is 23.4. The maximum absolute atomic E-state index is 14.6. The average Bonchev–Trinajstić information content (AvgIpc) is 3.73. The maximum Gasteiger partial charge on any atom is 0.304 e. The largest absolute Gasteiger partial charge is 0.481 e. The van der Waals surface area contributed by atoms with Crippen molar-refractivity contribution >= 4 is 44.9 Å². The van der Waals surface area contributed by atoms with Gasteiger partial charge in [-0.15, -0.1) is 0 Å². The molecular weight excluding hydrogens is 569 g/mol. The Morgan fingerprint density at radius 3 is 2.30 bits per heavy atom. The molecule has 0 unspecified atom stereocenters. The third kappa shape index (κ3) is 7.03. The fourth-order valence-corrected chi connectivity index (χ4v) is 8.48. The van der Waals surface area contributed by atoms with Gasteiger partial charge < -0.3 is 10.0 Å². The Labute approximate surface area is 248 Å². The Kier molecular flexibility index (Phi) is 9.58. The summed E-state index contributed by atoms with van der Waals surface area (Å²) in [6.07, 6.45) is 2.55. The number of rotatable bonds is 12. The molecule has 2 fully saturated rings. The van der Waals surface area contributed by atoms with Gasteiger partial charge in [0.25, 0.3) is 0 Å². The molecule has 2 aromatic carbocycles. The summed E-state index contributed by atoms with van der Waals surface area (Å²) in [5.74, 6) is -1.39. The van der Waals surface area contributed by atoms with Crippen molar-refractivity contribution in [2.45, 2.75) is 77.3 Å². The van der Waals surface area contributed by atoms with Crippen LogP contribution in [0.15, 0.2) is 48.5 Å². The van der Waals surface area contributed by atoms with Gasteiger partial charge in [-0.05, 0) is 79.3 Å². The number of benzene rings is 2. The van der Waals surface area contributed by atoms with E-state index in [1.807, 2.05) is 51.1 Å². The highest BCUT2D eigenvalue weighted by Gasteiger charge is 2.56. The Morgan fingerprint density at radius 2 is 1.75 bits per heavy atom. The lowest BCUT2D eigenvalue weighted by atomic mass is 9.65. The van der Waals surface area contributed by atoms with Gasteiger partial charge in [-0.3, -0.25) is 9.59 Å². The molecule has 0 aromatic heterocycles. The van der Waals surface area contributed by atoms with Gasteiger partial charge in [0.05, 0.1) is 29.4 Å². The predicted molar refractivity (Wildman–Crippen MR) is 159 cm³/mol. The normalized spacial score (nSPS) is 24.4. The smallest absolute Gasteiger partial charge is 0.304 e. The van der Waals surface area contributed by atoms with E-state index in [-0.39, 0.29) is 41.6 Å². The van der Waals surface area contributed by atoms with Gasteiger partial charge >= 0.3 is 5.97 Å². The first kappa shape index (κ1) is 30.9. The molecule has 1 amide bonds. The summed E-state index contributed by atoms with van der Waals surface area (Å²) in [4.78, 5) is 28.6. The van der Waals surface area contributed by atoms with Crippen molar-refractivity contribution in [2.24, 2.45) is 17.3 Å². The third-order valence-corrected chi connectivity index (χ3v) is 10.8. The fourth-order valence-electron chi connectivity index (χ4n) is 6.20. The Balaban J connectivity index is 1.91. The number of amides is 1. The monoisotopic (exact) mass is 607 g/mol. The van der Waals surface area contributed by atoms with Gasteiger partial charge in [-0.25, -0.2) is 8.42 Å². The molecule has 9 heteroatoms. The van der Waals surface area contributed by atoms with Crippen LogP contribution in [0.2, 0.25) is 10.0 Å². The Morgan fingerprint density at radius 1 is 1.07 bits per heavy atom. The number of carbonyl (C=O) groups excluding carboxylic acids is 1. The number of aliphatic carboxylic acids is 1. The van der Waals surface area contributed by atoms with Gasteiger partial charge in [0.1, 0.15) is 0 Å². The van der Waals surface area contributed by atoms with Gasteiger partial charge in [0.15, 0.2) is 9.84 Å². The van der Waals surface area contributed by atoms with Crippen molar-refractivity contribution in [3.63, 3.8) is 0 Å². The number of hydrogen-bond donors (Lipinski definition) is 1. The summed E-state index contributed by atoms with van der Waals surface area (Å²) >= 11 is 12.7. The van der Waals surface area contributed by atoms with E-state index < -0.39 is 33.3 Å². The van der Waals surface area contributed by atoms with E-state index >= 15 is 0 Å². The molecule has 2 aliphatic rings. The first-order valence-corrected chi connectivity index (χ1v) is 16.7. The third-order valence-electron chi connectivity index (χ3n) is 8.59. The van der Waals surface area contributed by atoms with Crippen LogP contribution in [0, 0.1) is 17.3 Å². The second kappa shape index (κ2) is 12.4. The highest BCUT2D eigenvalue weighted by molar-refractivity contribution is 7.91. The van der Waals surface area contributed by atoms with Crippen LogP contribution < -0.4 is 0 Å². The number of piperidine rings is 1. The van der Waals surface area contributed by atoms with Crippen molar-refractivity contribution in [2.75, 3.05) is 11.5 Å². The minimum atomic E-state index is -3.47. The first-order chi connectivity index (χ1) is 18.9. The lowest BCUT2D eigenvalue weighted by molar-refractivity contribution is -0.162. The molecule has 0 spiro atoms. The summed E-state index contributed by atoms with van der Waals surface area (Å²) in [5.41, 5.74) is 0.565. The second-order valence-electron chi connectivity index (χ2n) is 12.0. The molecule has 6 nitrogen and oxygen atoms in total. The van der Waals surface area contributed by atoms with Gasteiger partial charge in [0.2, 0.25) is 5.91 Å². The number of halogens is 2.